The van der Waals surface area contributed by atoms with Crippen molar-refractivity contribution in [1.82, 2.24) is 4.90 Å². The lowest BCUT2D eigenvalue weighted by atomic mass is 10.1. The summed E-state index contributed by atoms with van der Waals surface area (Å²) in [5.74, 6) is -2.25. The molecule has 0 aliphatic rings. The van der Waals surface area contributed by atoms with E-state index in [1.54, 1.807) is 12.1 Å². The molecule has 2 aromatic rings. The van der Waals surface area contributed by atoms with Gasteiger partial charge in [-0.25, -0.2) is 14.6 Å². The first-order valence-electron chi connectivity index (χ1n) is 7.95. The van der Waals surface area contributed by atoms with Gasteiger partial charge in [-0.1, -0.05) is 6.07 Å². The standard InChI is InChI=1S/C10H13N3O2S.C8H6O4/c1-3-12(2)10(16)11-8-4-6-9(7-5-8)13(14)15;9-7(10)5-2-1-3-6(4-5)8(11)12/h4-7H,3H2,1-2H3,(H,11,16);1-4H,(H,9,10)(H,11,12). The number of carboxylic acids is 2. The molecule has 0 heterocycles. The summed E-state index contributed by atoms with van der Waals surface area (Å²) in [7, 11) is 1.87. The average Bonchev–Trinajstić information content (AvgIpc) is 2.68. The third-order valence-electron chi connectivity index (χ3n) is 3.46. The van der Waals surface area contributed by atoms with Crippen LogP contribution >= 0.6 is 12.6 Å². The van der Waals surface area contributed by atoms with E-state index in [4.69, 9.17) is 10.2 Å². The third kappa shape index (κ3) is 7.08. The van der Waals surface area contributed by atoms with Gasteiger partial charge in [0.25, 0.3) is 5.69 Å². The van der Waals surface area contributed by atoms with E-state index in [0.717, 1.165) is 12.6 Å². The second-order valence-corrected chi connectivity index (χ2v) is 5.79. The molecule has 2 aromatic carbocycles. The Bertz CT molecular complexity index is 854. The number of nitro groups is 1. The maximum Gasteiger partial charge on any atom is 0.335 e. The van der Waals surface area contributed by atoms with Crippen LogP contribution in [0.3, 0.4) is 0 Å². The summed E-state index contributed by atoms with van der Waals surface area (Å²) in [4.78, 5) is 36.8. The Morgan fingerprint density at radius 1 is 1.11 bits per heavy atom. The number of aliphatic imine (C=N–C) groups is 1. The second kappa shape index (κ2) is 10.7. The summed E-state index contributed by atoms with van der Waals surface area (Å²) < 4.78 is 0. The van der Waals surface area contributed by atoms with Crippen LogP contribution in [0.25, 0.3) is 0 Å². The van der Waals surface area contributed by atoms with Crippen LogP contribution in [-0.2, 0) is 0 Å². The lowest BCUT2D eigenvalue weighted by Gasteiger charge is -2.14. The molecule has 0 unspecified atom stereocenters. The molecule has 0 spiro atoms. The summed E-state index contributed by atoms with van der Waals surface area (Å²) in [6, 6.07) is 11.2. The van der Waals surface area contributed by atoms with Gasteiger partial charge in [-0.05, 0) is 37.3 Å². The fourth-order valence-corrected chi connectivity index (χ4v) is 2.03. The zero-order chi connectivity index (χ0) is 21.3. The van der Waals surface area contributed by atoms with Gasteiger partial charge < -0.3 is 15.1 Å². The average molecular weight is 405 g/mol. The molecule has 10 heteroatoms. The van der Waals surface area contributed by atoms with Crippen molar-refractivity contribution in [3.63, 3.8) is 0 Å². The van der Waals surface area contributed by atoms with E-state index >= 15 is 0 Å². The van der Waals surface area contributed by atoms with Gasteiger partial charge in [-0.15, -0.1) is 12.6 Å². The number of thiol groups is 1. The van der Waals surface area contributed by atoms with E-state index in [1.165, 1.54) is 30.3 Å². The first-order chi connectivity index (χ1) is 13.1. The van der Waals surface area contributed by atoms with Crippen LogP contribution in [0.4, 0.5) is 11.4 Å². The molecule has 28 heavy (non-hydrogen) atoms. The van der Waals surface area contributed by atoms with E-state index < -0.39 is 16.9 Å². The zero-order valence-electron chi connectivity index (χ0n) is 15.1. The van der Waals surface area contributed by atoms with Crippen molar-refractivity contribution in [3.05, 3.63) is 69.8 Å². The monoisotopic (exact) mass is 405 g/mol. The van der Waals surface area contributed by atoms with Crippen molar-refractivity contribution in [2.24, 2.45) is 4.99 Å². The van der Waals surface area contributed by atoms with Gasteiger partial charge in [-0.3, -0.25) is 10.1 Å². The van der Waals surface area contributed by atoms with E-state index in [1.807, 2.05) is 18.9 Å². The van der Waals surface area contributed by atoms with Crippen LogP contribution in [0, 0.1) is 10.1 Å². The Kier molecular flexibility index (Phi) is 8.63. The molecule has 0 saturated heterocycles. The summed E-state index contributed by atoms with van der Waals surface area (Å²) in [5, 5.41) is 28.0. The van der Waals surface area contributed by atoms with Crippen molar-refractivity contribution >= 4 is 41.1 Å². The highest BCUT2D eigenvalue weighted by Gasteiger charge is 2.07. The van der Waals surface area contributed by atoms with E-state index in [2.05, 4.69) is 17.6 Å². The lowest BCUT2D eigenvalue weighted by Crippen LogP contribution is -2.21. The Hall–Kier alpha value is -3.40. The molecule has 2 N–H and O–H groups in total. The Morgan fingerprint density at radius 3 is 2.00 bits per heavy atom. The number of amidine groups is 1. The number of non-ortho nitro benzene ring substituents is 1. The summed E-state index contributed by atoms with van der Waals surface area (Å²) in [6.07, 6.45) is 0. The smallest absolute Gasteiger partial charge is 0.335 e. The number of carboxylic acid groups (broad SMARTS) is 2. The maximum atomic E-state index is 10.4. The van der Waals surface area contributed by atoms with Gasteiger partial charge in [0.15, 0.2) is 5.17 Å². The highest BCUT2D eigenvalue weighted by molar-refractivity contribution is 7.96. The lowest BCUT2D eigenvalue weighted by molar-refractivity contribution is -0.384. The van der Waals surface area contributed by atoms with Gasteiger partial charge in [-0.2, -0.15) is 0 Å². The number of aromatic carboxylic acids is 2. The second-order valence-electron chi connectivity index (χ2n) is 5.39. The number of rotatable bonds is 5. The van der Waals surface area contributed by atoms with Crippen LogP contribution in [0.15, 0.2) is 53.5 Å². The molecule has 0 fully saturated rings. The fraction of sp³-hybridized carbons (Fsp3) is 0.167. The number of benzene rings is 2. The molecule has 0 aliphatic heterocycles. The molecule has 9 nitrogen and oxygen atoms in total. The fourth-order valence-electron chi connectivity index (χ4n) is 1.78. The molecular formula is C18H19N3O6S. The summed E-state index contributed by atoms with van der Waals surface area (Å²) in [6.45, 7) is 2.79. The molecule has 0 aromatic heterocycles. The molecule has 0 radical (unpaired) electrons. The Balaban J connectivity index is 0.000000292. The minimum Gasteiger partial charge on any atom is -0.478 e. The quantitative estimate of drug-likeness (QED) is 0.228. The summed E-state index contributed by atoms with van der Waals surface area (Å²) >= 11 is 4.22. The number of hydrogen-bond donors (Lipinski definition) is 3. The largest absolute Gasteiger partial charge is 0.478 e. The predicted octanol–water partition coefficient (Wildman–Crippen LogP) is 3.55. The number of carbonyl (C=O) groups is 2. The van der Waals surface area contributed by atoms with Crippen molar-refractivity contribution in [1.29, 1.82) is 0 Å². The van der Waals surface area contributed by atoms with E-state index in [0.29, 0.717) is 10.9 Å². The first kappa shape index (κ1) is 22.6. The first-order valence-corrected chi connectivity index (χ1v) is 8.40. The van der Waals surface area contributed by atoms with Gasteiger partial charge in [0.05, 0.1) is 21.7 Å². The van der Waals surface area contributed by atoms with Crippen LogP contribution in [0.1, 0.15) is 27.6 Å². The van der Waals surface area contributed by atoms with Gasteiger partial charge in [0.1, 0.15) is 0 Å². The van der Waals surface area contributed by atoms with Crippen LogP contribution in [-0.4, -0.2) is 50.7 Å². The molecule has 0 aliphatic carbocycles. The SMILES string of the molecule is CCN(C)C(S)=Nc1ccc([N+](=O)[O-])cc1.O=C(O)c1cccc(C(=O)O)c1. The molecule has 0 bridgehead atoms. The number of nitrogens with zero attached hydrogens (tertiary/aromatic N) is 3. The summed E-state index contributed by atoms with van der Waals surface area (Å²) in [5.41, 5.74) is 0.671. The molecule has 148 valence electrons. The third-order valence-corrected chi connectivity index (χ3v) is 3.90. The molecule has 0 atom stereocenters. The van der Waals surface area contributed by atoms with E-state index in [9.17, 15) is 19.7 Å². The van der Waals surface area contributed by atoms with Gasteiger partial charge >= 0.3 is 11.9 Å². The number of hydrogen-bond acceptors (Lipinski definition) is 5. The Labute approximate surface area is 166 Å². The minimum absolute atomic E-state index is 0.0186. The molecular weight excluding hydrogens is 386 g/mol. The van der Waals surface area contributed by atoms with Gasteiger partial charge in [0, 0.05) is 25.7 Å². The van der Waals surface area contributed by atoms with Crippen LogP contribution in [0.2, 0.25) is 0 Å². The van der Waals surface area contributed by atoms with E-state index in [-0.39, 0.29) is 16.8 Å². The zero-order valence-corrected chi connectivity index (χ0v) is 16.0. The highest BCUT2D eigenvalue weighted by Crippen LogP contribution is 2.18. The molecule has 0 saturated carbocycles. The van der Waals surface area contributed by atoms with Crippen LogP contribution < -0.4 is 0 Å². The van der Waals surface area contributed by atoms with Crippen molar-refractivity contribution < 1.29 is 24.7 Å². The molecule has 2 rings (SSSR count). The molecule has 0 amide bonds. The van der Waals surface area contributed by atoms with Crippen molar-refractivity contribution in [2.45, 2.75) is 6.92 Å². The predicted molar refractivity (Wildman–Crippen MR) is 108 cm³/mol. The van der Waals surface area contributed by atoms with Crippen molar-refractivity contribution in [3.8, 4) is 0 Å². The maximum absolute atomic E-state index is 10.4. The number of nitro benzene ring substituents is 1. The topological polar surface area (TPSA) is 133 Å². The van der Waals surface area contributed by atoms with Crippen LogP contribution in [0.5, 0.6) is 0 Å². The van der Waals surface area contributed by atoms with Crippen molar-refractivity contribution in [2.75, 3.05) is 13.6 Å². The van der Waals surface area contributed by atoms with Gasteiger partial charge in [0.2, 0.25) is 0 Å². The highest BCUT2D eigenvalue weighted by atomic mass is 32.1. The minimum atomic E-state index is -1.13. The Morgan fingerprint density at radius 2 is 1.61 bits per heavy atom. The normalized spacial score (nSPS) is 10.5.